The molecule has 0 aromatic rings. The highest BCUT2D eigenvalue weighted by Gasteiger charge is 2.22. The second-order valence-electron chi connectivity index (χ2n) is 3.66. The third kappa shape index (κ3) is 3.64. The van der Waals surface area contributed by atoms with Gasteiger partial charge in [0.2, 0.25) is 0 Å². The first kappa shape index (κ1) is 11.5. The molecule has 0 aliphatic carbocycles. The summed E-state index contributed by atoms with van der Waals surface area (Å²) >= 11 is 0. The van der Waals surface area contributed by atoms with E-state index in [1.165, 1.54) is 7.11 Å². The molecule has 1 N–H and O–H groups in total. The van der Waals surface area contributed by atoms with Crippen molar-refractivity contribution in [1.82, 2.24) is 0 Å². The van der Waals surface area contributed by atoms with Gasteiger partial charge in [0, 0.05) is 18.9 Å². The Morgan fingerprint density at radius 1 is 1.71 bits per heavy atom. The molecular weight excluding hydrogens is 184 g/mol. The third-order valence-corrected chi connectivity index (χ3v) is 2.61. The van der Waals surface area contributed by atoms with Gasteiger partial charge in [0.1, 0.15) is 0 Å². The summed E-state index contributed by atoms with van der Waals surface area (Å²) in [6.07, 6.45) is 2.31. The largest absolute Gasteiger partial charge is 0.469 e. The van der Waals surface area contributed by atoms with E-state index in [1.54, 1.807) is 0 Å². The number of methoxy groups -OCH3 is 1. The number of rotatable bonds is 4. The molecule has 4 nitrogen and oxygen atoms in total. The fourth-order valence-electron chi connectivity index (χ4n) is 1.67. The van der Waals surface area contributed by atoms with Crippen molar-refractivity contribution in [1.29, 1.82) is 0 Å². The number of aliphatic hydroxyl groups excluding tert-OH is 1. The molecule has 82 valence electrons. The molecule has 2 atom stereocenters. The highest BCUT2D eigenvalue weighted by molar-refractivity contribution is 5.69. The first-order valence-corrected chi connectivity index (χ1v) is 5.06. The van der Waals surface area contributed by atoms with Gasteiger partial charge >= 0.3 is 5.97 Å². The van der Waals surface area contributed by atoms with Crippen LogP contribution in [0.5, 0.6) is 0 Å². The lowest BCUT2D eigenvalue weighted by molar-refractivity contribution is -0.141. The van der Waals surface area contributed by atoms with E-state index < -0.39 is 6.10 Å². The molecule has 0 aromatic heterocycles. The molecule has 1 fully saturated rings. The highest BCUT2D eigenvalue weighted by atomic mass is 16.5. The van der Waals surface area contributed by atoms with Gasteiger partial charge in [-0.15, -0.1) is 0 Å². The van der Waals surface area contributed by atoms with Gasteiger partial charge in [0.15, 0.2) is 0 Å². The molecule has 0 bridgehead atoms. The number of hydrogen-bond donors (Lipinski definition) is 1. The Bertz CT molecular complexity index is 175. The summed E-state index contributed by atoms with van der Waals surface area (Å²) < 4.78 is 9.77. The van der Waals surface area contributed by atoms with Crippen LogP contribution in [0, 0.1) is 5.92 Å². The Morgan fingerprint density at radius 2 is 2.50 bits per heavy atom. The molecule has 1 rings (SSSR count). The smallest absolute Gasteiger partial charge is 0.305 e. The average Bonchev–Trinajstić information content (AvgIpc) is 2.26. The van der Waals surface area contributed by atoms with E-state index in [4.69, 9.17) is 4.74 Å². The minimum Gasteiger partial charge on any atom is -0.469 e. The fraction of sp³-hybridized carbons (Fsp3) is 0.900. The van der Waals surface area contributed by atoms with Gasteiger partial charge in [-0.1, -0.05) is 0 Å². The number of hydrogen-bond acceptors (Lipinski definition) is 4. The van der Waals surface area contributed by atoms with Crippen molar-refractivity contribution in [3.63, 3.8) is 0 Å². The van der Waals surface area contributed by atoms with Crippen molar-refractivity contribution in [3.8, 4) is 0 Å². The third-order valence-electron chi connectivity index (χ3n) is 2.61. The average molecular weight is 202 g/mol. The van der Waals surface area contributed by atoms with E-state index in [1.807, 2.05) is 0 Å². The van der Waals surface area contributed by atoms with E-state index in [0.29, 0.717) is 13.0 Å². The molecule has 0 radical (unpaired) electrons. The van der Waals surface area contributed by atoms with Gasteiger partial charge in [-0.3, -0.25) is 4.79 Å². The quantitative estimate of drug-likeness (QED) is 0.683. The Balaban J connectivity index is 2.19. The lowest BCUT2D eigenvalue weighted by Crippen LogP contribution is -2.29. The first-order valence-electron chi connectivity index (χ1n) is 5.06. The number of aliphatic hydroxyl groups is 1. The van der Waals surface area contributed by atoms with E-state index >= 15 is 0 Å². The number of ether oxygens (including phenoxy) is 2. The lowest BCUT2D eigenvalue weighted by Gasteiger charge is -2.26. The topological polar surface area (TPSA) is 55.8 Å². The van der Waals surface area contributed by atoms with Crippen LogP contribution < -0.4 is 0 Å². The Hall–Kier alpha value is -0.610. The molecular formula is C10H18O4. The molecule has 14 heavy (non-hydrogen) atoms. The molecule has 0 saturated carbocycles. The number of esters is 1. The van der Waals surface area contributed by atoms with Crippen molar-refractivity contribution >= 4 is 5.97 Å². The summed E-state index contributed by atoms with van der Waals surface area (Å²) in [6.45, 7) is 1.41. The Labute approximate surface area is 84.2 Å². The molecule has 0 aromatic carbocycles. The van der Waals surface area contributed by atoms with Crippen LogP contribution in [0.2, 0.25) is 0 Å². The monoisotopic (exact) mass is 202 g/mol. The second kappa shape index (κ2) is 5.98. The lowest BCUT2D eigenvalue weighted by atomic mass is 9.93. The standard InChI is InChI=1S/C10H18O4/c1-13-10(12)5-4-9(11)8-3-2-6-14-7-8/h8-9,11H,2-7H2,1H3. The Morgan fingerprint density at radius 3 is 3.07 bits per heavy atom. The molecule has 2 unspecified atom stereocenters. The van der Waals surface area contributed by atoms with Gasteiger partial charge in [0.05, 0.1) is 19.8 Å². The van der Waals surface area contributed by atoms with Crippen LogP contribution in [-0.4, -0.2) is 37.5 Å². The summed E-state index contributed by atoms with van der Waals surface area (Å²) in [5, 5.41) is 9.73. The predicted octanol–water partition coefficient (Wildman–Crippen LogP) is 0.727. The van der Waals surface area contributed by atoms with Gasteiger partial charge < -0.3 is 14.6 Å². The van der Waals surface area contributed by atoms with Crippen molar-refractivity contribution in [2.75, 3.05) is 20.3 Å². The summed E-state index contributed by atoms with van der Waals surface area (Å²) in [5.74, 6) is -0.0748. The summed E-state index contributed by atoms with van der Waals surface area (Å²) in [7, 11) is 1.36. The van der Waals surface area contributed by atoms with E-state index in [0.717, 1.165) is 19.4 Å². The van der Waals surface area contributed by atoms with Crippen molar-refractivity contribution in [3.05, 3.63) is 0 Å². The van der Waals surface area contributed by atoms with Crippen LogP contribution in [0.4, 0.5) is 0 Å². The van der Waals surface area contributed by atoms with Crippen LogP contribution in [0.15, 0.2) is 0 Å². The van der Waals surface area contributed by atoms with Gasteiger partial charge in [0.25, 0.3) is 0 Å². The van der Waals surface area contributed by atoms with Crippen LogP contribution in [0.25, 0.3) is 0 Å². The van der Waals surface area contributed by atoms with Crippen LogP contribution >= 0.6 is 0 Å². The van der Waals surface area contributed by atoms with Gasteiger partial charge in [-0.2, -0.15) is 0 Å². The van der Waals surface area contributed by atoms with Crippen molar-refractivity contribution < 1.29 is 19.4 Å². The zero-order valence-electron chi connectivity index (χ0n) is 8.57. The van der Waals surface area contributed by atoms with Gasteiger partial charge in [-0.25, -0.2) is 0 Å². The summed E-state index contributed by atoms with van der Waals surface area (Å²) in [4.78, 5) is 10.8. The second-order valence-corrected chi connectivity index (χ2v) is 3.66. The van der Waals surface area contributed by atoms with E-state index in [9.17, 15) is 9.90 Å². The Kier molecular flexibility index (Phi) is 4.90. The molecule has 1 saturated heterocycles. The first-order chi connectivity index (χ1) is 6.74. The molecule has 1 heterocycles. The van der Waals surface area contributed by atoms with Crippen LogP contribution in [0.1, 0.15) is 25.7 Å². The summed E-state index contributed by atoms with van der Waals surface area (Å²) in [6, 6.07) is 0. The van der Waals surface area contributed by atoms with Crippen LogP contribution in [0.3, 0.4) is 0 Å². The zero-order chi connectivity index (χ0) is 10.4. The normalized spacial score (nSPS) is 24.3. The molecule has 0 amide bonds. The molecule has 1 aliphatic rings. The van der Waals surface area contributed by atoms with E-state index in [-0.39, 0.29) is 18.3 Å². The predicted molar refractivity (Wildman–Crippen MR) is 50.8 cm³/mol. The van der Waals surface area contributed by atoms with Crippen LogP contribution in [-0.2, 0) is 14.3 Å². The van der Waals surface area contributed by atoms with E-state index in [2.05, 4.69) is 4.74 Å². The van der Waals surface area contributed by atoms with Crippen molar-refractivity contribution in [2.24, 2.45) is 5.92 Å². The van der Waals surface area contributed by atoms with Crippen molar-refractivity contribution in [2.45, 2.75) is 31.8 Å². The minimum absolute atomic E-state index is 0.188. The zero-order valence-corrected chi connectivity index (χ0v) is 8.57. The number of carbonyl (C=O) groups excluding carboxylic acids is 1. The SMILES string of the molecule is COC(=O)CCC(O)C1CCCOC1. The maximum atomic E-state index is 10.8. The highest BCUT2D eigenvalue weighted by Crippen LogP contribution is 2.20. The maximum absolute atomic E-state index is 10.8. The number of carbonyl (C=O) groups is 1. The van der Waals surface area contributed by atoms with Gasteiger partial charge in [-0.05, 0) is 19.3 Å². The fourth-order valence-corrected chi connectivity index (χ4v) is 1.67. The minimum atomic E-state index is -0.436. The molecule has 4 heteroatoms. The molecule has 1 aliphatic heterocycles. The molecule has 0 spiro atoms. The summed E-state index contributed by atoms with van der Waals surface area (Å²) in [5.41, 5.74) is 0. The maximum Gasteiger partial charge on any atom is 0.305 e.